The van der Waals surface area contributed by atoms with Gasteiger partial charge >= 0.3 is 12.4 Å². The molecule has 2 aromatic carbocycles. The molecule has 1 amide bonds. The number of rotatable bonds is 6. The number of hydrogen-bond acceptors (Lipinski definition) is 7. The number of alkyl halides is 6. The molecule has 3 N–H and O–H groups in total. The second kappa shape index (κ2) is 9.80. The van der Waals surface area contributed by atoms with Crippen molar-refractivity contribution in [2.24, 2.45) is 5.73 Å². The molecular formula is C25H24F6N8O. The van der Waals surface area contributed by atoms with E-state index in [1.807, 2.05) is 0 Å². The average molecular weight is 567 g/mol. The van der Waals surface area contributed by atoms with Crippen molar-refractivity contribution in [3.8, 4) is 11.4 Å². The first-order valence-corrected chi connectivity index (χ1v) is 12.2. The third kappa shape index (κ3) is 4.85. The Morgan fingerprint density at radius 3 is 2.35 bits per heavy atom. The van der Waals surface area contributed by atoms with Gasteiger partial charge in [-0.05, 0) is 47.9 Å². The van der Waals surface area contributed by atoms with Crippen LogP contribution in [0.3, 0.4) is 0 Å². The summed E-state index contributed by atoms with van der Waals surface area (Å²) in [6.07, 6.45) is -9.37. The monoisotopic (exact) mass is 566 g/mol. The Morgan fingerprint density at radius 1 is 1.10 bits per heavy atom. The Kier molecular flexibility index (Phi) is 6.72. The van der Waals surface area contributed by atoms with E-state index in [0.29, 0.717) is 28.1 Å². The van der Waals surface area contributed by atoms with Crippen LogP contribution in [0.25, 0.3) is 11.4 Å². The van der Waals surface area contributed by atoms with Crippen molar-refractivity contribution >= 4 is 5.91 Å². The van der Waals surface area contributed by atoms with Crippen LogP contribution in [0.15, 0.2) is 53.9 Å². The number of aryl methyl sites for hydroxylation is 1. The van der Waals surface area contributed by atoms with Gasteiger partial charge in [0.1, 0.15) is 5.82 Å². The first-order chi connectivity index (χ1) is 18.8. The summed E-state index contributed by atoms with van der Waals surface area (Å²) in [7, 11) is 0. The number of H-pyrrole nitrogens is 1. The zero-order valence-corrected chi connectivity index (χ0v) is 21.3. The highest BCUT2D eigenvalue weighted by Gasteiger charge is 2.59. The lowest BCUT2D eigenvalue weighted by Gasteiger charge is -2.38. The number of aromatic amines is 1. The molecule has 3 aromatic rings. The normalized spacial score (nSPS) is 18.9. The van der Waals surface area contributed by atoms with Gasteiger partial charge < -0.3 is 10.6 Å². The summed E-state index contributed by atoms with van der Waals surface area (Å²) in [6.45, 7) is 3.71. The molecule has 0 bridgehead atoms. The van der Waals surface area contributed by atoms with Crippen molar-refractivity contribution in [3.05, 3.63) is 76.1 Å². The predicted molar refractivity (Wildman–Crippen MR) is 129 cm³/mol. The zero-order chi connectivity index (χ0) is 29.0. The van der Waals surface area contributed by atoms with Crippen LogP contribution in [0.5, 0.6) is 0 Å². The van der Waals surface area contributed by atoms with E-state index in [0.717, 1.165) is 17.1 Å². The van der Waals surface area contributed by atoms with E-state index < -0.39 is 41.5 Å². The maximum atomic E-state index is 14.6. The summed E-state index contributed by atoms with van der Waals surface area (Å²) >= 11 is 0. The zero-order valence-electron chi connectivity index (χ0n) is 21.3. The topological polar surface area (TPSA) is 107 Å². The number of amides is 1. The Labute approximate surface area is 224 Å². The minimum Gasteiger partial charge on any atom is -0.366 e. The fourth-order valence-electron chi connectivity index (χ4n) is 5.31. The van der Waals surface area contributed by atoms with Gasteiger partial charge in [-0.3, -0.25) is 9.80 Å². The molecule has 3 heterocycles. The Hall–Kier alpha value is -4.14. The minimum atomic E-state index is -4.85. The van der Waals surface area contributed by atoms with E-state index in [1.54, 1.807) is 36.9 Å². The van der Waals surface area contributed by atoms with Gasteiger partial charge in [-0.15, -0.1) is 10.2 Å². The number of nitrogens with one attached hydrogen (secondary N) is 1. The quantitative estimate of drug-likeness (QED) is 0.436. The average Bonchev–Trinajstić information content (AvgIpc) is 3.60. The number of hydrazine groups is 1. The Bertz CT molecular complexity index is 1430. The second-order valence-electron chi connectivity index (χ2n) is 9.65. The molecular weight excluding hydrogens is 542 g/mol. The van der Waals surface area contributed by atoms with Gasteiger partial charge in [0, 0.05) is 18.7 Å². The smallest absolute Gasteiger partial charge is 0.366 e. The van der Waals surface area contributed by atoms with Crippen molar-refractivity contribution in [1.29, 1.82) is 0 Å². The van der Waals surface area contributed by atoms with Crippen molar-refractivity contribution in [2.75, 3.05) is 13.1 Å². The van der Waals surface area contributed by atoms with E-state index in [1.165, 1.54) is 17.1 Å². The summed E-state index contributed by atoms with van der Waals surface area (Å²) in [5.74, 6) is -0.883. The molecule has 2 aliphatic rings. The third-order valence-corrected chi connectivity index (χ3v) is 7.13. The number of carbonyl (C=O) groups is 1. The van der Waals surface area contributed by atoms with Gasteiger partial charge in [-0.25, -0.2) is 0 Å². The van der Waals surface area contributed by atoms with Crippen LogP contribution in [0, 0.1) is 6.92 Å². The maximum Gasteiger partial charge on any atom is 0.416 e. The first kappa shape index (κ1) is 27.4. The highest BCUT2D eigenvalue weighted by atomic mass is 19.4. The number of benzene rings is 2. The van der Waals surface area contributed by atoms with Crippen molar-refractivity contribution in [3.63, 3.8) is 0 Å². The van der Waals surface area contributed by atoms with E-state index >= 15 is 0 Å². The lowest BCUT2D eigenvalue weighted by atomic mass is 9.98. The molecule has 2 unspecified atom stereocenters. The summed E-state index contributed by atoms with van der Waals surface area (Å²) in [4.78, 5) is 14.1. The summed E-state index contributed by atoms with van der Waals surface area (Å²) in [6, 6.07) is 6.26. The lowest BCUT2D eigenvalue weighted by molar-refractivity contribution is -0.204. The summed E-state index contributed by atoms with van der Waals surface area (Å²) in [5.41, 5.74) is 6.44. The molecule has 1 saturated heterocycles. The van der Waals surface area contributed by atoms with Crippen molar-refractivity contribution in [1.82, 2.24) is 35.5 Å². The SMILES string of the molecule is Cc1cc(C(C)N2C(C(F)(F)F)C(C(N)=O)=C3N(Cc4ccc(C(F)(F)F)cc4)CCN32)ccc1-c1nn[nH]n1. The minimum absolute atomic E-state index is 0.00159. The molecule has 15 heteroatoms. The molecule has 0 radical (unpaired) electrons. The third-order valence-electron chi connectivity index (χ3n) is 7.13. The van der Waals surface area contributed by atoms with Gasteiger partial charge in [0.15, 0.2) is 6.04 Å². The fourth-order valence-corrected chi connectivity index (χ4v) is 5.31. The number of tetrazole rings is 1. The molecule has 2 atom stereocenters. The van der Waals surface area contributed by atoms with E-state index in [4.69, 9.17) is 5.73 Å². The van der Waals surface area contributed by atoms with Gasteiger partial charge in [-0.1, -0.05) is 30.3 Å². The molecule has 1 fully saturated rings. The summed E-state index contributed by atoms with van der Waals surface area (Å²) < 4.78 is 82.7. The van der Waals surface area contributed by atoms with Crippen LogP contribution in [-0.2, 0) is 17.5 Å². The number of nitrogens with two attached hydrogens (primary N) is 1. The molecule has 212 valence electrons. The van der Waals surface area contributed by atoms with Gasteiger partial charge in [0.25, 0.3) is 0 Å². The highest BCUT2D eigenvalue weighted by Crippen LogP contribution is 2.46. The van der Waals surface area contributed by atoms with Crippen molar-refractivity contribution in [2.45, 2.75) is 44.8 Å². The van der Waals surface area contributed by atoms with Gasteiger partial charge in [0.2, 0.25) is 11.7 Å². The predicted octanol–water partition coefficient (Wildman–Crippen LogP) is 3.93. The largest absolute Gasteiger partial charge is 0.416 e. The fraction of sp³-hybridized carbons (Fsp3) is 0.360. The van der Waals surface area contributed by atoms with Crippen LogP contribution in [0.1, 0.15) is 35.2 Å². The van der Waals surface area contributed by atoms with Crippen LogP contribution < -0.4 is 5.73 Å². The molecule has 5 rings (SSSR count). The molecule has 1 aromatic heterocycles. The first-order valence-electron chi connectivity index (χ1n) is 12.2. The second-order valence-corrected chi connectivity index (χ2v) is 9.65. The van der Waals surface area contributed by atoms with Gasteiger partial charge in [0.05, 0.1) is 23.7 Å². The van der Waals surface area contributed by atoms with Gasteiger partial charge in [-0.2, -0.15) is 36.6 Å². The number of fused-ring (bicyclic) bond motifs is 1. The number of carbonyl (C=O) groups excluding carboxylic acids is 1. The van der Waals surface area contributed by atoms with Crippen LogP contribution in [0.4, 0.5) is 26.3 Å². The molecule has 40 heavy (non-hydrogen) atoms. The molecule has 9 nitrogen and oxygen atoms in total. The number of halogens is 6. The van der Waals surface area contributed by atoms with Crippen LogP contribution >= 0.6 is 0 Å². The van der Waals surface area contributed by atoms with Crippen molar-refractivity contribution < 1.29 is 31.1 Å². The number of primary amides is 1. The molecule has 0 saturated carbocycles. The molecule has 2 aliphatic heterocycles. The number of nitrogens with zero attached hydrogens (tertiary/aromatic N) is 6. The highest BCUT2D eigenvalue weighted by molar-refractivity contribution is 5.94. The Morgan fingerprint density at radius 2 is 1.80 bits per heavy atom. The standard InChI is InChI=1S/C25H24F6N8O/c1-13-11-16(5-8-18(13)22-33-35-36-34-22)14(2)39-20(25(29,30)31)19(21(32)40)23-37(9-10-38(23)39)12-15-3-6-17(7-4-15)24(26,27)28/h3-8,11,14,20H,9-10,12H2,1-2H3,(H2,32,40)(H,33,34,35,36). The lowest BCUT2D eigenvalue weighted by Crippen LogP contribution is -2.51. The molecule has 0 aliphatic carbocycles. The van der Waals surface area contributed by atoms with Crippen LogP contribution in [-0.4, -0.2) is 66.8 Å². The number of hydrogen-bond donors (Lipinski definition) is 2. The van der Waals surface area contributed by atoms with E-state index in [9.17, 15) is 31.1 Å². The van der Waals surface area contributed by atoms with E-state index in [2.05, 4.69) is 20.6 Å². The molecule has 0 spiro atoms. The van der Waals surface area contributed by atoms with Crippen LogP contribution in [0.2, 0.25) is 0 Å². The summed E-state index contributed by atoms with van der Waals surface area (Å²) in [5, 5.41) is 16.3. The van der Waals surface area contributed by atoms with E-state index in [-0.39, 0.29) is 25.5 Å². The maximum absolute atomic E-state index is 14.6. The Balaban J connectivity index is 1.49. The number of aromatic nitrogens is 4.